The van der Waals surface area contributed by atoms with Crippen LogP contribution in [-0.4, -0.2) is 0 Å². The smallest absolute Gasteiger partial charge is 0.0725 e. The second-order valence-corrected chi connectivity index (χ2v) is 3.58. The Bertz CT molecular complexity index is 328. The fraction of sp³-hybridized carbons (Fsp3) is 0.250. The summed E-state index contributed by atoms with van der Waals surface area (Å²) in [7, 11) is 0. The number of hydrogen-bond acceptors (Lipinski definition) is 1. The van der Waals surface area contributed by atoms with Crippen molar-refractivity contribution in [2.75, 3.05) is 0 Å². The molecule has 1 rings (SSSR count). The maximum atomic E-state index is 8.77. The van der Waals surface area contributed by atoms with Gasteiger partial charge in [0.1, 0.15) is 0 Å². The van der Waals surface area contributed by atoms with Crippen molar-refractivity contribution in [2.45, 2.75) is 13.8 Å². The van der Waals surface area contributed by atoms with Gasteiger partial charge in [-0.3, -0.25) is 0 Å². The first-order valence-corrected chi connectivity index (χ1v) is 4.29. The molecule has 1 nitrogen and oxygen atoms in total. The standard InChI is InChI=1S/C12H13N/c1-12(2,10-13)9-8-11-6-4-3-5-7-11/h3-9H,1-2H3/b9-8-. The Morgan fingerprint density at radius 3 is 2.38 bits per heavy atom. The Labute approximate surface area is 79.3 Å². The van der Waals surface area contributed by atoms with Gasteiger partial charge in [-0.15, -0.1) is 0 Å². The molecule has 1 aromatic rings. The second-order valence-electron chi connectivity index (χ2n) is 3.58. The van der Waals surface area contributed by atoms with Crippen molar-refractivity contribution in [2.24, 2.45) is 5.41 Å². The van der Waals surface area contributed by atoms with Gasteiger partial charge in [-0.05, 0) is 19.4 Å². The van der Waals surface area contributed by atoms with Crippen molar-refractivity contribution in [3.8, 4) is 6.07 Å². The third-order valence-electron chi connectivity index (χ3n) is 1.78. The van der Waals surface area contributed by atoms with Crippen LogP contribution in [0.15, 0.2) is 36.4 Å². The lowest BCUT2D eigenvalue weighted by Crippen LogP contribution is -2.01. The van der Waals surface area contributed by atoms with Crippen molar-refractivity contribution < 1.29 is 0 Å². The van der Waals surface area contributed by atoms with Crippen LogP contribution < -0.4 is 0 Å². The van der Waals surface area contributed by atoms with Crippen molar-refractivity contribution in [3.05, 3.63) is 42.0 Å². The van der Waals surface area contributed by atoms with E-state index in [-0.39, 0.29) is 5.41 Å². The molecule has 0 radical (unpaired) electrons. The van der Waals surface area contributed by atoms with Crippen LogP contribution in [-0.2, 0) is 0 Å². The van der Waals surface area contributed by atoms with E-state index in [1.165, 1.54) is 0 Å². The summed E-state index contributed by atoms with van der Waals surface area (Å²) in [5.74, 6) is 0. The SMILES string of the molecule is CC(C)(C#N)/C=C\c1ccccc1. The Balaban J connectivity index is 2.77. The number of hydrogen-bond donors (Lipinski definition) is 0. The van der Waals surface area contributed by atoms with Gasteiger partial charge in [0.2, 0.25) is 0 Å². The molecule has 0 saturated carbocycles. The third kappa shape index (κ3) is 3.13. The molecule has 0 unspecified atom stereocenters. The molecule has 0 bridgehead atoms. The molecule has 0 aliphatic carbocycles. The molecular formula is C12H13N. The van der Waals surface area contributed by atoms with E-state index < -0.39 is 0 Å². The Hall–Kier alpha value is -1.55. The van der Waals surface area contributed by atoms with E-state index in [4.69, 9.17) is 5.26 Å². The van der Waals surface area contributed by atoms with E-state index in [1.54, 1.807) is 0 Å². The molecule has 13 heavy (non-hydrogen) atoms. The summed E-state index contributed by atoms with van der Waals surface area (Å²) in [6.45, 7) is 3.79. The second kappa shape index (κ2) is 3.91. The Morgan fingerprint density at radius 1 is 1.23 bits per heavy atom. The zero-order chi connectivity index (χ0) is 9.73. The quantitative estimate of drug-likeness (QED) is 0.670. The minimum Gasteiger partial charge on any atom is -0.197 e. The van der Waals surface area contributed by atoms with Gasteiger partial charge in [0.05, 0.1) is 11.5 Å². The topological polar surface area (TPSA) is 23.8 Å². The highest BCUT2D eigenvalue weighted by atomic mass is 14.3. The van der Waals surface area contributed by atoms with Gasteiger partial charge in [-0.1, -0.05) is 42.5 Å². The van der Waals surface area contributed by atoms with Crippen LogP contribution in [0.4, 0.5) is 0 Å². The number of nitriles is 1. The predicted octanol–water partition coefficient (Wildman–Crippen LogP) is 3.25. The molecule has 0 spiro atoms. The van der Waals surface area contributed by atoms with Crippen molar-refractivity contribution in [3.63, 3.8) is 0 Å². The minimum absolute atomic E-state index is 0.379. The molecule has 66 valence electrons. The highest BCUT2D eigenvalue weighted by molar-refractivity contribution is 5.50. The normalized spacial score (nSPS) is 11.5. The zero-order valence-corrected chi connectivity index (χ0v) is 7.99. The lowest BCUT2D eigenvalue weighted by Gasteiger charge is -2.07. The van der Waals surface area contributed by atoms with Crippen LogP contribution in [0.3, 0.4) is 0 Å². The summed E-state index contributed by atoms with van der Waals surface area (Å²) in [4.78, 5) is 0. The number of rotatable bonds is 2. The first-order chi connectivity index (χ1) is 6.14. The third-order valence-corrected chi connectivity index (χ3v) is 1.78. The van der Waals surface area contributed by atoms with Crippen LogP contribution in [0.2, 0.25) is 0 Å². The van der Waals surface area contributed by atoms with Gasteiger partial charge < -0.3 is 0 Å². The van der Waals surface area contributed by atoms with Gasteiger partial charge in [-0.25, -0.2) is 0 Å². The molecule has 1 heteroatoms. The largest absolute Gasteiger partial charge is 0.197 e. The highest BCUT2D eigenvalue weighted by Gasteiger charge is 2.10. The van der Waals surface area contributed by atoms with Gasteiger partial charge in [0, 0.05) is 0 Å². The van der Waals surface area contributed by atoms with E-state index in [1.807, 2.05) is 56.3 Å². The Kier molecular flexibility index (Phi) is 2.87. The van der Waals surface area contributed by atoms with E-state index in [2.05, 4.69) is 6.07 Å². The molecule has 0 aliphatic rings. The van der Waals surface area contributed by atoms with Crippen LogP contribution in [0, 0.1) is 16.7 Å². The zero-order valence-electron chi connectivity index (χ0n) is 7.99. The van der Waals surface area contributed by atoms with Crippen LogP contribution in [0.1, 0.15) is 19.4 Å². The first kappa shape index (κ1) is 9.54. The molecular weight excluding hydrogens is 158 g/mol. The fourth-order valence-corrected chi connectivity index (χ4v) is 0.906. The molecule has 0 aromatic heterocycles. The van der Waals surface area contributed by atoms with Crippen LogP contribution >= 0.6 is 0 Å². The lowest BCUT2D eigenvalue weighted by atomic mass is 9.94. The van der Waals surface area contributed by atoms with Gasteiger partial charge in [0.25, 0.3) is 0 Å². The first-order valence-electron chi connectivity index (χ1n) is 4.29. The monoisotopic (exact) mass is 171 g/mol. The lowest BCUT2D eigenvalue weighted by molar-refractivity contribution is 0.647. The van der Waals surface area contributed by atoms with E-state index in [9.17, 15) is 0 Å². The van der Waals surface area contributed by atoms with E-state index >= 15 is 0 Å². The molecule has 0 aliphatic heterocycles. The molecule has 0 saturated heterocycles. The summed E-state index contributed by atoms with van der Waals surface area (Å²) >= 11 is 0. The molecule has 0 atom stereocenters. The van der Waals surface area contributed by atoms with Crippen molar-refractivity contribution in [1.29, 1.82) is 5.26 Å². The van der Waals surface area contributed by atoms with Crippen LogP contribution in [0.5, 0.6) is 0 Å². The summed E-state index contributed by atoms with van der Waals surface area (Å²) < 4.78 is 0. The van der Waals surface area contributed by atoms with Crippen molar-refractivity contribution >= 4 is 6.08 Å². The maximum absolute atomic E-state index is 8.77. The average molecular weight is 171 g/mol. The predicted molar refractivity (Wildman–Crippen MR) is 54.9 cm³/mol. The van der Waals surface area contributed by atoms with Crippen LogP contribution in [0.25, 0.3) is 6.08 Å². The molecule has 0 N–H and O–H groups in total. The minimum atomic E-state index is -0.379. The highest BCUT2D eigenvalue weighted by Crippen LogP contribution is 2.16. The van der Waals surface area contributed by atoms with Gasteiger partial charge >= 0.3 is 0 Å². The fourth-order valence-electron chi connectivity index (χ4n) is 0.906. The molecule has 0 fully saturated rings. The van der Waals surface area contributed by atoms with E-state index in [0.29, 0.717) is 0 Å². The molecule has 0 amide bonds. The summed E-state index contributed by atoms with van der Waals surface area (Å²) in [6.07, 6.45) is 3.89. The maximum Gasteiger partial charge on any atom is 0.0725 e. The summed E-state index contributed by atoms with van der Waals surface area (Å²) in [5, 5.41) is 8.77. The average Bonchev–Trinajstić information content (AvgIpc) is 2.17. The Morgan fingerprint density at radius 2 is 1.85 bits per heavy atom. The number of nitrogens with zero attached hydrogens (tertiary/aromatic N) is 1. The summed E-state index contributed by atoms with van der Waals surface area (Å²) in [5.41, 5.74) is 0.751. The van der Waals surface area contributed by atoms with Gasteiger partial charge in [-0.2, -0.15) is 5.26 Å². The van der Waals surface area contributed by atoms with E-state index in [0.717, 1.165) is 5.56 Å². The number of allylic oxidation sites excluding steroid dienone is 1. The molecule has 1 aromatic carbocycles. The van der Waals surface area contributed by atoms with Gasteiger partial charge in [0.15, 0.2) is 0 Å². The number of benzene rings is 1. The molecule has 0 heterocycles. The summed E-state index contributed by atoms with van der Waals surface area (Å²) in [6, 6.07) is 12.2. The van der Waals surface area contributed by atoms with Crippen molar-refractivity contribution in [1.82, 2.24) is 0 Å².